The summed E-state index contributed by atoms with van der Waals surface area (Å²) in [7, 11) is 2.98. The molecule has 42 heavy (non-hydrogen) atoms. The van der Waals surface area contributed by atoms with Gasteiger partial charge >= 0.3 is 0 Å². The van der Waals surface area contributed by atoms with E-state index in [9.17, 15) is 20.1 Å². The van der Waals surface area contributed by atoms with E-state index in [2.05, 4.69) is 39.8 Å². The molecule has 0 saturated carbocycles. The van der Waals surface area contributed by atoms with Crippen LogP contribution in [0.4, 0.5) is 0 Å². The Morgan fingerprint density at radius 3 is 2.40 bits per heavy atom. The number of hydrogen-bond acceptors (Lipinski definition) is 6. The topological polar surface area (TPSA) is 96.2 Å². The van der Waals surface area contributed by atoms with Crippen LogP contribution in [0.1, 0.15) is 76.0 Å². The van der Waals surface area contributed by atoms with Crippen molar-refractivity contribution in [2.45, 2.75) is 59.3 Å². The zero-order chi connectivity index (χ0) is 30.8. The molecule has 0 radical (unpaired) electrons. The van der Waals surface area contributed by atoms with Crippen molar-refractivity contribution in [1.82, 2.24) is 0 Å². The first-order valence-corrected chi connectivity index (χ1v) is 14.4. The molecule has 1 aliphatic carbocycles. The van der Waals surface area contributed by atoms with Crippen LogP contribution in [0.2, 0.25) is 0 Å². The van der Waals surface area contributed by atoms with Gasteiger partial charge in [0.2, 0.25) is 0 Å². The van der Waals surface area contributed by atoms with Gasteiger partial charge in [-0.05, 0) is 106 Å². The molecule has 0 amide bonds. The van der Waals surface area contributed by atoms with E-state index in [0.717, 1.165) is 42.9 Å². The highest BCUT2D eigenvalue weighted by molar-refractivity contribution is 6.02. The van der Waals surface area contributed by atoms with Crippen LogP contribution >= 0.6 is 0 Å². The molecule has 2 aromatic carbocycles. The van der Waals surface area contributed by atoms with Crippen molar-refractivity contribution in [2.75, 3.05) is 14.2 Å². The molecular weight excluding hydrogens is 528 g/mol. The van der Waals surface area contributed by atoms with Gasteiger partial charge in [-0.2, -0.15) is 0 Å². The van der Waals surface area contributed by atoms with E-state index in [1.165, 1.54) is 43.6 Å². The molecular formula is C36H44O6. The van der Waals surface area contributed by atoms with E-state index >= 15 is 0 Å². The fourth-order valence-corrected chi connectivity index (χ4v) is 5.45. The van der Waals surface area contributed by atoms with Gasteiger partial charge in [0, 0.05) is 17.6 Å². The van der Waals surface area contributed by atoms with Gasteiger partial charge in [-0.1, -0.05) is 48.4 Å². The molecule has 0 saturated heterocycles. The zero-order valence-corrected chi connectivity index (χ0v) is 25.6. The second-order valence-corrected chi connectivity index (χ2v) is 11.3. The highest BCUT2D eigenvalue weighted by atomic mass is 16.5. The molecule has 0 bridgehead atoms. The van der Waals surface area contributed by atoms with Crippen LogP contribution in [0.15, 0.2) is 77.6 Å². The van der Waals surface area contributed by atoms with E-state index in [4.69, 9.17) is 9.47 Å². The summed E-state index contributed by atoms with van der Waals surface area (Å²) in [6.07, 6.45) is 16.0. The minimum atomic E-state index is -0.402. The zero-order valence-electron chi connectivity index (χ0n) is 25.6. The summed E-state index contributed by atoms with van der Waals surface area (Å²) in [5.41, 5.74) is 4.85. The lowest BCUT2D eigenvalue weighted by Crippen LogP contribution is -2.23. The molecule has 224 valence electrons. The van der Waals surface area contributed by atoms with Crippen LogP contribution in [-0.4, -0.2) is 35.3 Å². The van der Waals surface area contributed by atoms with Crippen LogP contribution in [0.25, 0.3) is 12.2 Å². The molecule has 2 aromatic rings. The SMILES string of the molecule is COc1cc(/C=C/C(=O)/C=C(O)/C=C/c2cc(OC)c(O)c(C3C=C(C)CCC3C(C)CCC=C(C)C)c2)ccc1O. The third-order valence-electron chi connectivity index (χ3n) is 7.79. The average molecular weight is 573 g/mol. The quantitative estimate of drug-likeness (QED) is 0.102. The van der Waals surface area contributed by atoms with Crippen molar-refractivity contribution in [3.05, 3.63) is 94.3 Å². The molecule has 3 unspecified atom stereocenters. The Bertz CT molecular complexity index is 1400. The Labute approximate surface area is 250 Å². The Morgan fingerprint density at radius 2 is 1.71 bits per heavy atom. The number of phenolic OH excluding ortho intramolecular Hbond substituents is 2. The maximum absolute atomic E-state index is 12.4. The number of hydrogen-bond donors (Lipinski definition) is 3. The standard InChI is InChI=1S/C36H44O6/c1-23(2)8-7-9-25(4)30-16-10-24(3)18-31(30)32-19-27(21-35(42-6)36(32)40)12-15-29(38)22-28(37)14-11-26-13-17-33(39)34(20-26)41-5/h8,11-15,17-22,25,30-31,38-40H,7,9-10,16H2,1-6H3/b14-11+,15-12+,29-22-. The predicted molar refractivity (Wildman–Crippen MR) is 170 cm³/mol. The number of carbonyl (C=O) groups excluding carboxylic acids is 1. The summed E-state index contributed by atoms with van der Waals surface area (Å²) in [6, 6.07) is 8.40. The highest BCUT2D eigenvalue weighted by Gasteiger charge is 2.31. The fourth-order valence-electron chi connectivity index (χ4n) is 5.45. The number of rotatable bonds is 12. The van der Waals surface area contributed by atoms with Crippen LogP contribution in [0.3, 0.4) is 0 Å². The Balaban J connectivity index is 1.84. The molecule has 3 N–H and O–H groups in total. The minimum absolute atomic E-state index is 0.0109. The summed E-state index contributed by atoms with van der Waals surface area (Å²) in [4.78, 5) is 12.4. The molecule has 0 aromatic heterocycles. The second kappa shape index (κ2) is 15.2. The molecule has 0 fully saturated rings. The molecule has 3 atom stereocenters. The van der Waals surface area contributed by atoms with Crippen LogP contribution < -0.4 is 9.47 Å². The normalized spacial score (nSPS) is 18.1. The smallest absolute Gasteiger partial charge is 0.182 e. The van der Waals surface area contributed by atoms with Crippen molar-refractivity contribution < 1.29 is 29.6 Å². The van der Waals surface area contributed by atoms with E-state index in [-0.39, 0.29) is 23.2 Å². The van der Waals surface area contributed by atoms with Gasteiger partial charge < -0.3 is 24.8 Å². The van der Waals surface area contributed by atoms with Crippen LogP contribution in [-0.2, 0) is 4.79 Å². The minimum Gasteiger partial charge on any atom is -0.508 e. The summed E-state index contributed by atoms with van der Waals surface area (Å²) in [5, 5.41) is 31.3. The Hall–Kier alpha value is -4.19. The fraction of sp³-hybridized carbons (Fsp3) is 0.361. The van der Waals surface area contributed by atoms with Crippen molar-refractivity contribution in [3.8, 4) is 23.0 Å². The van der Waals surface area contributed by atoms with Gasteiger partial charge in [-0.25, -0.2) is 0 Å². The Kier molecular flexibility index (Phi) is 11.7. The first kappa shape index (κ1) is 32.3. The van der Waals surface area contributed by atoms with E-state index < -0.39 is 5.78 Å². The van der Waals surface area contributed by atoms with Crippen LogP contribution in [0, 0.1) is 11.8 Å². The van der Waals surface area contributed by atoms with Crippen molar-refractivity contribution in [1.29, 1.82) is 0 Å². The monoisotopic (exact) mass is 572 g/mol. The molecule has 6 heteroatoms. The van der Waals surface area contributed by atoms with Crippen LogP contribution in [0.5, 0.6) is 23.0 Å². The lowest BCUT2D eigenvalue weighted by molar-refractivity contribution is -0.110. The Morgan fingerprint density at radius 1 is 1.02 bits per heavy atom. The highest BCUT2D eigenvalue weighted by Crippen LogP contribution is 2.47. The van der Waals surface area contributed by atoms with Gasteiger partial charge in [-0.15, -0.1) is 0 Å². The second-order valence-electron chi connectivity index (χ2n) is 11.3. The predicted octanol–water partition coefficient (Wildman–Crippen LogP) is 8.68. The number of ether oxygens (including phenoxy) is 2. The number of aromatic hydroxyl groups is 2. The van der Waals surface area contributed by atoms with Gasteiger partial charge in [0.05, 0.1) is 14.2 Å². The number of ketones is 1. The third-order valence-corrected chi connectivity index (χ3v) is 7.79. The third kappa shape index (κ3) is 8.90. The van der Waals surface area contributed by atoms with Crippen molar-refractivity contribution in [2.24, 2.45) is 11.8 Å². The van der Waals surface area contributed by atoms with Gasteiger partial charge in [0.25, 0.3) is 0 Å². The molecule has 1 aliphatic rings. The summed E-state index contributed by atoms with van der Waals surface area (Å²) < 4.78 is 10.6. The number of benzene rings is 2. The van der Waals surface area contributed by atoms with E-state index in [1.807, 2.05) is 6.07 Å². The van der Waals surface area contributed by atoms with Gasteiger partial charge in [0.15, 0.2) is 28.8 Å². The average Bonchev–Trinajstić information content (AvgIpc) is 2.95. The maximum atomic E-state index is 12.4. The molecule has 0 aliphatic heterocycles. The van der Waals surface area contributed by atoms with E-state index in [1.54, 1.807) is 30.4 Å². The maximum Gasteiger partial charge on any atom is 0.182 e. The first-order chi connectivity index (χ1) is 20.0. The lowest BCUT2D eigenvalue weighted by atomic mass is 9.70. The summed E-state index contributed by atoms with van der Waals surface area (Å²) in [5.74, 6) is 1.09. The van der Waals surface area contributed by atoms with Gasteiger partial charge in [-0.3, -0.25) is 4.79 Å². The first-order valence-electron chi connectivity index (χ1n) is 14.4. The summed E-state index contributed by atoms with van der Waals surface area (Å²) >= 11 is 0. The van der Waals surface area contributed by atoms with Crippen molar-refractivity contribution >= 4 is 17.9 Å². The summed E-state index contributed by atoms with van der Waals surface area (Å²) in [6.45, 7) is 8.69. The lowest BCUT2D eigenvalue weighted by Gasteiger charge is -2.35. The largest absolute Gasteiger partial charge is 0.508 e. The number of allylic oxidation sites excluding steroid dienone is 7. The number of phenols is 2. The number of methoxy groups -OCH3 is 2. The molecule has 0 spiro atoms. The number of aliphatic hydroxyl groups is 1. The van der Waals surface area contributed by atoms with Gasteiger partial charge in [0.1, 0.15) is 5.76 Å². The van der Waals surface area contributed by atoms with Crippen molar-refractivity contribution in [3.63, 3.8) is 0 Å². The molecule has 3 rings (SSSR count). The van der Waals surface area contributed by atoms with E-state index in [0.29, 0.717) is 28.9 Å². The number of carbonyl (C=O) groups is 1. The number of aliphatic hydroxyl groups excluding tert-OH is 1. The molecule has 6 nitrogen and oxygen atoms in total. The molecule has 0 heterocycles.